The van der Waals surface area contributed by atoms with Crippen molar-refractivity contribution in [2.75, 3.05) is 17.8 Å². The second kappa shape index (κ2) is 5.46. The number of aryl methyl sites for hydroxylation is 2. The number of hydrogen-bond donors (Lipinski definition) is 0. The Hall–Kier alpha value is -0.140. The minimum Gasteiger partial charge on any atom is -0.237 e. The number of aromatic nitrogens is 2. The van der Waals surface area contributed by atoms with Gasteiger partial charge in [0.15, 0.2) is 0 Å². The monoisotopic (exact) mass is 324 g/mol. The van der Waals surface area contributed by atoms with Crippen molar-refractivity contribution in [3.63, 3.8) is 0 Å². The van der Waals surface area contributed by atoms with Gasteiger partial charge >= 0.3 is 0 Å². The van der Waals surface area contributed by atoms with E-state index in [1.54, 1.807) is 0 Å². The largest absolute Gasteiger partial charge is 0.237 e. The van der Waals surface area contributed by atoms with Gasteiger partial charge in [-0.3, -0.25) is 0 Å². The first-order valence-corrected chi connectivity index (χ1v) is 8.45. The van der Waals surface area contributed by atoms with Crippen LogP contribution in [0.1, 0.15) is 11.5 Å². The van der Waals surface area contributed by atoms with Crippen molar-refractivity contribution in [3.05, 3.63) is 16.0 Å². The molecule has 0 saturated heterocycles. The average Bonchev–Trinajstić information content (AvgIpc) is 2.11. The highest BCUT2D eigenvalue weighted by Crippen LogP contribution is 2.27. The van der Waals surface area contributed by atoms with Crippen LogP contribution in [-0.4, -0.2) is 36.1 Å². The molecule has 0 bridgehead atoms. The molecular weight excluding hydrogens is 312 g/mol. The summed E-state index contributed by atoms with van der Waals surface area (Å²) in [5, 5.41) is 0.800. The van der Waals surface area contributed by atoms with E-state index in [0.29, 0.717) is 11.6 Å². The first-order valence-electron chi connectivity index (χ1n) is 4.61. The third-order valence-corrected chi connectivity index (χ3v) is 5.18. The SMILES string of the molecule is Cc1nc(C)c(Br)c(SCCS(C)(=O)=O)n1. The normalized spacial score (nSPS) is 11.8. The molecule has 0 amide bonds. The van der Waals surface area contributed by atoms with Crippen molar-refractivity contribution >= 4 is 37.5 Å². The third kappa shape index (κ3) is 4.39. The molecule has 0 radical (unpaired) electrons. The van der Waals surface area contributed by atoms with Gasteiger partial charge in [0.1, 0.15) is 20.7 Å². The fraction of sp³-hybridized carbons (Fsp3) is 0.556. The van der Waals surface area contributed by atoms with Crippen LogP contribution in [0.15, 0.2) is 9.50 Å². The van der Waals surface area contributed by atoms with E-state index in [0.717, 1.165) is 15.2 Å². The summed E-state index contributed by atoms with van der Waals surface area (Å²) in [7, 11) is -2.91. The Bertz CT molecular complexity index is 489. The Balaban J connectivity index is 2.75. The predicted molar refractivity (Wildman–Crippen MR) is 69.6 cm³/mol. The summed E-state index contributed by atoms with van der Waals surface area (Å²) >= 11 is 4.82. The molecule has 0 aliphatic rings. The third-order valence-electron chi connectivity index (χ3n) is 1.79. The smallest absolute Gasteiger partial charge is 0.148 e. The van der Waals surface area contributed by atoms with Crippen LogP contribution in [0.25, 0.3) is 0 Å². The highest BCUT2D eigenvalue weighted by molar-refractivity contribution is 9.10. The average molecular weight is 325 g/mol. The molecule has 0 aliphatic carbocycles. The summed E-state index contributed by atoms with van der Waals surface area (Å²) in [6, 6.07) is 0. The van der Waals surface area contributed by atoms with Crippen molar-refractivity contribution in [2.45, 2.75) is 18.9 Å². The molecule has 0 spiro atoms. The lowest BCUT2D eigenvalue weighted by atomic mass is 10.4. The molecule has 1 rings (SSSR count). The van der Waals surface area contributed by atoms with Gasteiger partial charge in [-0.15, -0.1) is 11.8 Å². The van der Waals surface area contributed by atoms with Gasteiger partial charge in [0, 0.05) is 12.0 Å². The zero-order valence-corrected chi connectivity index (χ0v) is 12.5. The lowest BCUT2D eigenvalue weighted by Crippen LogP contribution is -2.05. The Kier molecular flexibility index (Phi) is 4.75. The molecule has 0 fully saturated rings. The summed E-state index contributed by atoms with van der Waals surface area (Å²) in [6.07, 6.45) is 1.24. The van der Waals surface area contributed by atoms with Gasteiger partial charge in [-0.25, -0.2) is 18.4 Å². The molecule has 0 N–H and O–H groups in total. The molecule has 0 saturated carbocycles. The summed E-state index contributed by atoms with van der Waals surface area (Å²) in [5.74, 6) is 1.36. The molecule has 90 valence electrons. The summed E-state index contributed by atoms with van der Waals surface area (Å²) in [6.45, 7) is 3.71. The van der Waals surface area contributed by atoms with Crippen LogP contribution >= 0.6 is 27.7 Å². The van der Waals surface area contributed by atoms with Crippen LogP contribution in [-0.2, 0) is 9.84 Å². The van der Waals surface area contributed by atoms with E-state index in [2.05, 4.69) is 25.9 Å². The maximum absolute atomic E-state index is 11.0. The van der Waals surface area contributed by atoms with E-state index in [1.165, 1.54) is 18.0 Å². The number of sulfone groups is 1. The molecule has 1 heterocycles. The predicted octanol–water partition coefficient (Wildman–Crippen LogP) is 1.99. The zero-order chi connectivity index (χ0) is 12.3. The summed E-state index contributed by atoms with van der Waals surface area (Å²) < 4.78 is 22.8. The van der Waals surface area contributed by atoms with Gasteiger partial charge in [0.2, 0.25) is 0 Å². The van der Waals surface area contributed by atoms with E-state index in [-0.39, 0.29) is 5.75 Å². The number of halogens is 1. The fourth-order valence-electron chi connectivity index (χ4n) is 1.05. The Morgan fingerprint density at radius 3 is 2.50 bits per heavy atom. The highest BCUT2D eigenvalue weighted by atomic mass is 79.9. The Labute approximate surface area is 108 Å². The quantitative estimate of drug-likeness (QED) is 0.626. The maximum Gasteiger partial charge on any atom is 0.148 e. The molecule has 0 aliphatic heterocycles. The number of hydrogen-bond acceptors (Lipinski definition) is 5. The Morgan fingerprint density at radius 1 is 1.31 bits per heavy atom. The van der Waals surface area contributed by atoms with E-state index in [1.807, 2.05) is 13.8 Å². The number of nitrogens with zero attached hydrogens (tertiary/aromatic N) is 2. The molecule has 0 aromatic carbocycles. The second-order valence-electron chi connectivity index (χ2n) is 3.45. The lowest BCUT2D eigenvalue weighted by molar-refractivity contribution is 0.603. The van der Waals surface area contributed by atoms with Crippen LogP contribution in [0.2, 0.25) is 0 Å². The fourth-order valence-corrected chi connectivity index (χ4v) is 3.78. The first-order chi connectivity index (χ1) is 7.29. The maximum atomic E-state index is 11.0. The Morgan fingerprint density at radius 2 is 1.94 bits per heavy atom. The van der Waals surface area contributed by atoms with Gasteiger partial charge in [0.05, 0.1) is 15.9 Å². The topological polar surface area (TPSA) is 59.9 Å². The number of rotatable bonds is 4. The van der Waals surface area contributed by atoms with Crippen molar-refractivity contribution in [2.24, 2.45) is 0 Å². The van der Waals surface area contributed by atoms with Crippen LogP contribution in [0.5, 0.6) is 0 Å². The van der Waals surface area contributed by atoms with E-state index in [9.17, 15) is 8.42 Å². The zero-order valence-electron chi connectivity index (χ0n) is 9.32. The van der Waals surface area contributed by atoms with Crippen LogP contribution < -0.4 is 0 Å². The van der Waals surface area contributed by atoms with Gasteiger partial charge in [0.25, 0.3) is 0 Å². The second-order valence-corrected chi connectivity index (χ2v) is 7.59. The minimum atomic E-state index is -2.91. The van der Waals surface area contributed by atoms with E-state index < -0.39 is 9.84 Å². The molecule has 1 aromatic heterocycles. The van der Waals surface area contributed by atoms with Crippen molar-refractivity contribution < 1.29 is 8.42 Å². The van der Waals surface area contributed by atoms with Crippen molar-refractivity contribution in [3.8, 4) is 0 Å². The van der Waals surface area contributed by atoms with Crippen LogP contribution in [0, 0.1) is 13.8 Å². The van der Waals surface area contributed by atoms with Crippen LogP contribution in [0.4, 0.5) is 0 Å². The first kappa shape index (κ1) is 13.9. The van der Waals surface area contributed by atoms with Gasteiger partial charge in [-0.2, -0.15) is 0 Å². The highest BCUT2D eigenvalue weighted by Gasteiger charge is 2.09. The van der Waals surface area contributed by atoms with Crippen molar-refractivity contribution in [1.82, 2.24) is 9.97 Å². The van der Waals surface area contributed by atoms with Gasteiger partial charge < -0.3 is 0 Å². The van der Waals surface area contributed by atoms with Crippen LogP contribution in [0.3, 0.4) is 0 Å². The minimum absolute atomic E-state index is 0.159. The standard InChI is InChI=1S/C9H13BrN2O2S2/c1-6-8(10)9(12-7(2)11-6)15-4-5-16(3,13)14/h4-5H2,1-3H3. The molecular formula is C9H13BrN2O2S2. The van der Waals surface area contributed by atoms with Gasteiger partial charge in [-0.05, 0) is 29.8 Å². The van der Waals surface area contributed by atoms with E-state index in [4.69, 9.17) is 0 Å². The summed E-state index contributed by atoms with van der Waals surface area (Å²) in [5.41, 5.74) is 0.870. The molecule has 0 atom stereocenters. The molecule has 0 unspecified atom stereocenters. The summed E-state index contributed by atoms with van der Waals surface area (Å²) in [4.78, 5) is 8.46. The van der Waals surface area contributed by atoms with Crippen molar-refractivity contribution in [1.29, 1.82) is 0 Å². The van der Waals surface area contributed by atoms with E-state index >= 15 is 0 Å². The van der Waals surface area contributed by atoms with Gasteiger partial charge in [-0.1, -0.05) is 0 Å². The molecule has 4 nitrogen and oxygen atoms in total. The molecule has 1 aromatic rings. The molecule has 16 heavy (non-hydrogen) atoms. The number of thioether (sulfide) groups is 1. The molecule has 7 heteroatoms. The lowest BCUT2D eigenvalue weighted by Gasteiger charge is -2.06.